The summed E-state index contributed by atoms with van der Waals surface area (Å²) in [5.74, 6) is 0.948. The Morgan fingerprint density at radius 3 is 2.79 bits per heavy atom. The summed E-state index contributed by atoms with van der Waals surface area (Å²) in [5.41, 5.74) is 1.02. The van der Waals surface area contributed by atoms with Crippen molar-refractivity contribution in [2.45, 2.75) is 12.5 Å². The minimum atomic E-state index is -0.0879. The molecule has 0 bridgehead atoms. The molecule has 0 aromatic heterocycles. The number of methoxy groups -OCH3 is 1. The second kappa shape index (κ2) is 9.64. The van der Waals surface area contributed by atoms with Crippen LogP contribution in [0.25, 0.3) is 6.08 Å². The molecule has 0 spiro atoms. The van der Waals surface area contributed by atoms with Gasteiger partial charge in [-0.2, -0.15) is 11.8 Å². The highest BCUT2D eigenvalue weighted by atomic mass is 32.2. The number of rotatable bonds is 8. The first-order chi connectivity index (χ1) is 9.26. The minimum Gasteiger partial charge on any atom is -0.380 e. The van der Waals surface area contributed by atoms with Gasteiger partial charge in [0.1, 0.15) is 0 Å². The van der Waals surface area contributed by atoms with E-state index in [1.807, 2.05) is 30.3 Å². The van der Waals surface area contributed by atoms with E-state index < -0.39 is 0 Å². The van der Waals surface area contributed by atoms with Crippen LogP contribution >= 0.6 is 11.8 Å². The molecular formula is C15H21NO2S. The molecule has 1 amide bonds. The molecule has 1 atom stereocenters. The zero-order valence-corrected chi connectivity index (χ0v) is 12.3. The van der Waals surface area contributed by atoms with Gasteiger partial charge in [0.15, 0.2) is 0 Å². The van der Waals surface area contributed by atoms with Crippen molar-refractivity contribution in [2.24, 2.45) is 0 Å². The maximum atomic E-state index is 11.7. The first-order valence-corrected chi connectivity index (χ1v) is 7.68. The van der Waals surface area contributed by atoms with E-state index in [4.69, 9.17) is 4.74 Å². The lowest BCUT2D eigenvalue weighted by molar-refractivity contribution is -0.117. The van der Waals surface area contributed by atoms with Crippen molar-refractivity contribution in [3.8, 4) is 0 Å². The summed E-state index contributed by atoms with van der Waals surface area (Å²) in [7, 11) is 1.68. The van der Waals surface area contributed by atoms with Crippen LogP contribution in [0, 0.1) is 0 Å². The van der Waals surface area contributed by atoms with Gasteiger partial charge < -0.3 is 10.1 Å². The highest BCUT2D eigenvalue weighted by Gasteiger charge is 2.07. The third-order valence-electron chi connectivity index (χ3n) is 2.71. The highest BCUT2D eigenvalue weighted by Crippen LogP contribution is 2.03. The molecule has 0 aliphatic heterocycles. The molecule has 0 fully saturated rings. The van der Waals surface area contributed by atoms with Crippen molar-refractivity contribution in [3.63, 3.8) is 0 Å². The Morgan fingerprint density at radius 1 is 1.42 bits per heavy atom. The zero-order chi connectivity index (χ0) is 13.9. The molecule has 4 heteroatoms. The number of benzene rings is 1. The molecule has 1 aromatic carbocycles. The summed E-state index contributed by atoms with van der Waals surface area (Å²) in [6.07, 6.45) is 6.45. The van der Waals surface area contributed by atoms with Gasteiger partial charge in [-0.05, 0) is 30.1 Å². The molecule has 0 saturated carbocycles. The quantitative estimate of drug-likeness (QED) is 0.743. The number of amides is 1. The van der Waals surface area contributed by atoms with Crippen molar-refractivity contribution in [2.75, 3.05) is 25.7 Å². The molecule has 0 heterocycles. The van der Waals surface area contributed by atoms with Crippen LogP contribution in [0.3, 0.4) is 0 Å². The molecule has 0 saturated heterocycles. The summed E-state index contributed by atoms with van der Waals surface area (Å²) in [4.78, 5) is 11.7. The van der Waals surface area contributed by atoms with E-state index in [0.717, 1.165) is 17.7 Å². The Balaban J connectivity index is 2.32. The molecule has 19 heavy (non-hydrogen) atoms. The van der Waals surface area contributed by atoms with Crippen LogP contribution in [0.1, 0.15) is 12.0 Å². The van der Waals surface area contributed by atoms with Crippen LogP contribution < -0.4 is 5.32 Å². The molecule has 3 nitrogen and oxygen atoms in total. The van der Waals surface area contributed by atoms with Crippen molar-refractivity contribution < 1.29 is 9.53 Å². The van der Waals surface area contributed by atoms with Crippen LogP contribution in [0.15, 0.2) is 36.4 Å². The lowest BCUT2D eigenvalue weighted by Crippen LogP contribution is -2.32. The van der Waals surface area contributed by atoms with E-state index in [2.05, 4.69) is 11.6 Å². The van der Waals surface area contributed by atoms with E-state index in [9.17, 15) is 4.79 Å². The van der Waals surface area contributed by atoms with Crippen LogP contribution in [-0.2, 0) is 9.53 Å². The summed E-state index contributed by atoms with van der Waals surface area (Å²) in [5, 5.41) is 2.85. The Hall–Kier alpha value is -1.26. The molecule has 1 rings (SSSR count). The molecular weight excluding hydrogens is 258 g/mol. The normalized spacial score (nSPS) is 12.5. The average Bonchev–Trinajstić information content (AvgIpc) is 2.46. The van der Waals surface area contributed by atoms with Crippen molar-refractivity contribution in [3.05, 3.63) is 42.0 Å². The first kappa shape index (κ1) is 15.8. The standard InChI is InChI=1S/C15H21NO2S/c1-18-14(10-11-19-2)12-16-15(17)9-8-13-6-4-3-5-7-13/h3-9,14H,10-12H2,1-2H3,(H,16,17). The monoisotopic (exact) mass is 279 g/mol. The Bertz CT molecular complexity index is 392. The largest absolute Gasteiger partial charge is 0.380 e. The minimum absolute atomic E-state index is 0.0847. The average molecular weight is 279 g/mol. The number of hydrogen-bond acceptors (Lipinski definition) is 3. The lowest BCUT2D eigenvalue weighted by atomic mass is 10.2. The van der Waals surface area contributed by atoms with E-state index >= 15 is 0 Å². The number of carbonyl (C=O) groups is 1. The van der Waals surface area contributed by atoms with Gasteiger partial charge in [-0.25, -0.2) is 0 Å². The van der Waals surface area contributed by atoms with Crippen molar-refractivity contribution in [1.29, 1.82) is 0 Å². The topological polar surface area (TPSA) is 38.3 Å². The summed E-state index contributed by atoms with van der Waals surface area (Å²) in [6, 6.07) is 9.76. The van der Waals surface area contributed by atoms with Crippen LogP contribution in [0.4, 0.5) is 0 Å². The van der Waals surface area contributed by atoms with Gasteiger partial charge in [-0.15, -0.1) is 0 Å². The Labute approximate surface area is 119 Å². The summed E-state index contributed by atoms with van der Waals surface area (Å²) < 4.78 is 5.31. The molecule has 104 valence electrons. The van der Waals surface area contributed by atoms with E-state index in [0.29, 0.717) is 6.54 Å². The number of thioether (sulfide) groups is 1. The van der Waals surface area contributed by atoms with Crippen molar-refractivity contribution in [1.82, 2.24) is 5.32 Å². The molecule has 0 aliphatic carbocycles. The molecule has 0 radical (unpaired) electrons. The number of ether oxygens (including phenoxy) is 1. The summed E-state index contributed by atoms with van der Waals surface area (Å²) in [6.45, 7) is 0.551. The number of carbonyl (C=O) groups excluding carboxylic acids is 1. The molecule has 0 aliphatic rings. The summed E-state index contributed by atoms with van der Waals surface area (Å²) >= 11 is 1.78. The van der Waals surface area contributed by atoms with E-state index in [1.165, 1.54) is 0 Å². The lowest BCUT2D eigenvalue weighted by Gasteiger charge is -2.14. The molecule has 1 aromatic rings. The maximum Gasteiger partial charge on any atom is 0.244 e. The predicted molar refractivity (Wildman–Crippen MR) is 82.3 cm³/mol. The van der Waals surface area contributed by atoms with E-state index in [1.54, 1.807) is 31.0 Å². The fraction of sp³-hybridized carbons (Fsp3) is 0.400. The highest BCUT2D eigenvalue weighted by molar-refractivity contribution is 7.98. The SMILES string of the molecule is COC(CCSC)CNC(=O)C=Cc1ccccc1. The maximum absolute atomic E-state index is 11.7. The molecule has 1 N–H and O–H groups in total. The van der Waals surface area contributed by atoms with E-state index in [-0.39, 0.29) is 12.0 Å². The third kappa shape index (κ3) is 7.03. The Morgan fingerprint density at radius 2 is 2.16 bits per heavy atom. The second-order valence-electron chi connectivity index (χ2n) is 4.13. The number of nitrogens with one attached hydrogen (secondary N) is 1. The fourth-order valence-electron chi connectivity index (χ4n) is 1.56. The van der Waals surface area contributed by atoms with Gasteiger partial charge in [0, 0.05) is 19.7 Å². The van der Waals surface area contributed by atoms with Crippen LogP contribution in [0.5, 0.6) is 0 Å². The fourth-order valence-corrected chi connectivity index (χ4v) is 2.06. The first-order valence-electron chi connectivity index (χ1n) is 6.29. The Kier molecular flexibility index (Phi) is 8.02. The van der Waals surface area contributed by atoms with Gasteiger partial charge in [0.05, 0.1) is 6.10 Å². The van der Waals surface area contributed by atoms with Crippen LogP contribution in [0.2, 0.25) is 0 Å². The van der Waals surface area contributed by atoms with Gasteiger partial charge >= 0.3 is 0 Å². The smallest absolute Gasteiger partial charge is 0.244 e. The second-order valence-corrected chi connectivity index (χ2v) is 5.11. The third-order valence-corrected chi connectivity index (χ3v) is 3.35. The van der Waals surface area contributed by atoms with Crippen LogP contribution in [-0.4, -0.2) is 37.7 Å². The number of hydrogen-bond donors (Lipinski definition) is 1. The van der Waals surface area contributed by atoms with Gasteiger partial charge in [-0.3, -0.25) is 4.79 Å². The van der Waals surface area contributed by atoms with Gasteiger partial charge in [0.2, 0.25) is 5.91 Å². The van der Waals surface area contributed by atoms with Gasteiger partial charge in [0.25, 0.3) is 0 Å². The predicted octanol–water partition coefficient (Wildman–Crippen LogP) is 2.58. The molecule has 1 unspecified atom stereocenters. The zero-order valence-electron chi connectivity index (χ0n) is 11.5. The van der Waals surface area contributed by atoms with Crippen molar-refractivity contribution >= 4 is 23.7 Å². The van der Waals surface area contributed by atoms with Gasteiger partial charge in [-0.1, -0.05) is 30.3 Å².